The molecular weight excluding hydrogens is 404 g/mol. The number of aryl methyl sites for hydroxylation is 2. The number of amides is 1. The Morgan fingerprint density at radius 1 is 1.36 bits per heavy atom. The second kappa shape index (κ2) is 7.05. The Balaban J connectivity index is 1.75. The molecule has 0 bridgehead atoms. The molecule has 3 aromatic rings. The van der Waals surface area contributed by atoms with Gasteiger partial charge in [-0.3, -0.25) is 14.2 Å². The first-order chi connectivity index (χ1) is 11.8. The van der Waals surface area contributed by atoms with Crippen LogP contribution < -0.4 is 10.9 Å². The summed E-state index contributed by atoms with van der Waals surface area (Å²) < 4.78 is 2.29. The molecule has 0 saturated carbocycles. The van der Waals surface area contributed by atoms with Crippen molar-refractivity contribution in [3.8, 4) is 0 Å². The van der Waals surface area contributed by atoms with Gasteiger partial charge in [-0.05, 0) is 53.5 Å². The molecule has 8 heteroatoms. The zero-order valence-electron chi connectivity index (χ0n) is 14.0. The first kappa shape index (κ1) is 17.8. The van der Waals surface area contributed by atoms with Crippen LogP contribution in [0.25, 0.3) is 11.0 Å². The van der Waals surface area contributed by atoms with E-state index >= 15 is 0 Å². The highest BCUT2D eigenvalue weighted by Crippen LogP contribution is 2.24. The molecule has 2 heterocycles. The van der Waals surface area contributed by atoms with Crippen LogP contribution in [0.4, 0.5) is 5.69 Å². The monoisotopic (exact) mass is 420 g/mol. The lowest BCUT2D eigenvalue weighted by atomic mass is 10.2. The third-order valence-electron chi connectivity index (χ3n) is 3.68. The highest BCUT2D eigenvalue weighted by molar-refractivity contribution is 9.10. The van der Waals surface area contributed by atoms with Gasteiger partial charge >= 0.3 is 0 Å². The van der Waals surface area contributed by atoms with Crippen molar-refractivity contribution in [1.29, 1.82) is 0 Å². The number of nitrogens with zero attached hydrogens (tertiary/aromatic N) is 2. The Bertz CT molecular complexity index is 1030. The molecule has 0 aliphatic carbocycles. The van der Waals surface area contributed by atoms with Crippen molar-refractivity contribution in [3.05, 3.63) is 50.3 Å². The lowest BCUT2D eigenvalue weighted by Crippen LogP contribution is -2.21. The summed E-state index contributed by atoms with van der Waals surface area (Å²) in [6, 6.07) is 7.55. The summed E-state index contributed by atoms with van der Waals surface area (Å²) in [6.45, 7) is 3.86. The van der Waals surface area contributed by atoms with Crippen LogP contribution in [0.5, 0.6) is 0 Å². The van der Waals surface area contributed by atoms with Crippen molar-refractivity contribution >= 4 is 50.3 Å². The zero-order chi connectivity index (χ0) is 18.1. The number of hydrogen-bond donors (Lipinski definition) is 2. The van der Waals surface area contributed by atoms with E-state index in [1.807, 2.05) is 38.1 Å². The van der Waals surface area contributed by atoms with Crippen molar-refractivity contribution in [1.82, 2.24) is 14.5 Å². The number of H-pyrrole nitrogens is 1. The van der Waals surface area contributed by atoms with Crippen molar-refractivity contribution in [2.75, 3.05) is 11.1 Å². The van der Waals surface area contributed by atoms with E-state index in [9.17, 15) is 9.59 Å². The predicted molar refractivity (Wildman–Crippen MR) is 104 cm³/mol. The number of halogens is 1. The van der Waals surface area contributed by atoms with Gasteiger partial charge < -0.3 is 10.3 Å². The lowest BCUT2D eigenvalue weighted by molar-refractivity contribution is -0.113. The molecule has 1 aromatic carbocycles. The van der Waals surface area contributed by atoms with Gasteiger partial charge in [-0.15, -0.1) is 0 Å². The molecule has 0 spiro atoms. The SMILES string of the molecule is Cc1ccc(NC(=O)CSc2nc3cc(C)[nH]c3c(=O)n2C)c(Br)c1. The summed E-state index contributed by atoms with van der Waals surface area (Å²) in [6.07, 6.45) is 0. The largest absolute Gasteiger partial charge is 0.353 e. The molecule has 0 fully saturated rings. The summed E-state index contributed by atoms with van der Waals surface area (Å²) in [5.41, 5.74) is 3.65. The standard InChI is InChI=1S/C17H17BrN4O2S/c1-9-4-5-12(11(18)6-9)20-14(23)8-25-17-21-13-7-10(2)19-15(13)16(24)22(17)3/h4-7,19H,8H2,1-3H3,(H,20,23). The fraction of sp³-hybridized carbons (Fsp3) is 0.235. The van der Waals surface area contributed by atoms with E-state index in [0.717, 1.165) is 21.4 Å². The maximum absolute atomic E-state index is 12.3. The van der Waals surface area contributed by atoms with Crippen molar-refractivity contribution < 1.29 is 4.79 Å². The number of rotatable bonds is 4. The second-order valence-electron chi connectivity index (χ2n) is 5.79. The number of nitrogens with one attached hydrogen (secondary N) is 2. The van der Waals surface area contributed by atoms with Gasteiger partial charge in [0.25, 0.3) is 5.56 Å². The summed E-state index contributed by atoms with van der Waals surface area (Å²) >= 11 is 4.67. The Labute approximate surface area is 157 Å². The number of fused-ring (bicyclic) bond motifs is 1. The van der Waals surface area contributed by atoms with E-state index in [1.54, 1.807) is 7.05 Å². The zero-order valence-corrected chi connectivity index (χ0v) is 16.4. The first-order valence-corrected chi connectivity index (χ1v) is 9.38. The highest BCUT2D eigenvalue weighted by atomic mass is 79.9. The number of thioether (sulfide) groups is 1. The van der Waals surface area contributed by atoms with Gasteiger partial charge in [0, 0.05) is 17.2 Å². The molecule has 25 heavy (non-hydrogen) atoms. The molecule has 130 valence electrons. The quantitative estimate of drug-likeness (QED) is 0.500. The molecule has 6 nitrogen and oxygen atoms in total. The normalized spacial score (nSPS) is 11.0. The minimum atomic E-state index is -0.158. The minimum Gasteiger partial charge on any atom is -0.353 e. The molecule has 2 aromatic heterocycles. The van der Waals surface area contributed by atoms with E-state index in [4.69, 9.17) is 0 Å². The van der Waals surface area contributed by atoms with E-state index < -0.39 is 0 Å². The number of anilines is 1. The van der Waals surface area contributed by atoms with Crippen LogP contribution in [-0.2, 0) is 11.8 Å². The average molecular weight is 421 g/mol. The summed E-state index contributed by atoms with van der Waals surface area (Å²) in [4.78, 5) is 32.0. The Morgan fingerprint density at radius 3 is 2.84 bits per heavy atom. The molecule has 0 aliphatic heterocycles. The van der Waals surface area contributed by atoms with E-state index in [1.165, 1.54) is 16.3 Å². The number of aromatic nitrogens is 3. The second-order valence-corrected chi connectivity index (χ2v) is 7.59. The van der Waals surface area contributed by atoms with E-state index in [-0.39, 0.29) is 17.2 Å². The first-order valence-electron chi connectivity index (χ1n) is 7.60. The number of carbonyl (C=O) groups is 1. The average Bonchev–Trinajstić information content (AvgIpc) is 2.93. The maximum atomic E-state index is 12.3. The van der Waals surface area contributed by atoms with Crippen molar-refractivity contribution in [2.45, 2.75) is 19.0 Å². The molecule has 1 amide bonds. The van der Waals surface area contributed by atoms with Crippen LogP contribution in [0.1, 0.15) is 11.3 Å². The molecule has 0 saturated heterocycles. The van der Waals surface area contributed by atoms with Crippen LogP contribution in [-0.4, -0.2) is 26.2 Å². The number of benzene rings is 1. The molecular formula is C17H17BrN4O2S. The number of carbonyl (C=O) groups excluding carboxylic acids is 1. The van der Waals surface area contributed by atoms with Gasteiger partial charge in [0.1, 0.15) is 5.52 Å². The van der Waals surface area contributed by atoms with Gasteiger partial charge in [-0.25, -0.2) is 4.98 Å². The van der Waals surface area contributed by atoms with Gasteiger partial charge in [-0.2, -0.15) is 0 Å². The van der Waals surface area contributed by atoms with Crippen LogP contribution >= 0.6 is 27.7 Å². The summed E-state index contributed by atoms with van der Waals surface area (Å²) in [5, 5.41) is 3.36. The Hall–Kier alpha value is -2.06. The molecule has 0 unspecified atom stereocenters. The van der Waals surface area contributed by atoms with Crippen LogP contribution in [0.3, 0.4) is 0 Å². The number of aromatic amines is 1. The van der Waals surface area contributed by atoms with Crippen LogP contribution in [0.15, 0.2) is 38.7 Å². The van der Waals surface area contributed by atoms with Gasteiger partial charge in [0.05, 0.1) is 17.0 Å². The minimum absolute atomic E-state index is 0.151. The van der Waals surface area contributed by atoms with Crippen LogP contribution in [0, 0.1) is 13.8 Å². The van der Waals surface area contributed by atoms with E-state index in [0.29, 0.717) is 16.2 Å². The topological polar surface area (TPSA) is 79.8 Å². The molecule has 0 radical (unpaired) electrons. The Morgan fingerprint density at radius 2 is 2.12 bits per heavy atom. The highest BCUT2D eigenvalue weighted by Gasteiger charge is 2.13. The Kier molecular flexibility index (Phi) is 5.01. The third-order valence-corrected chi connectivity index (χ3v) is 5.37. The molecule has 0 aliphatic rings. The van der Waals surface area contributed by atoms with Gasteiger partial charge in [0.2, 0.25) is 5.91 Å². The predicted octanol–water partition coefficient (Wildman–Crippen LogP) is 3.37. The van der Waals surface area contributed by atoms with E-state index in [2.05, 4.69) is 31.2 Å². The fourth-order valence-corrected chi connectivity index (χ4v) is 3.79. The fourth-order valence-electron chi connectivity index (χ4n) is 2.43. The van der Waals surface area contributed by atoms with Crippen molar-refractivity contribution in [3.63, 3.8) is 0 Å². The van der Waals surface area contributed by atoms with Crippen molar-refractivity contribution in [2.24, 2.45) is 7.05 Å². The van der Waals surface area contributed by atoms with Crippen LogP contribution in [0.2, 0.25) is 0 Å². The lowest BCUT2D eigenvalue weighted by Gasteiger charge is -2.09. The third kappa shape index (κ3) is 3.80. The maximum Gasteiger partial charge on any atom is 0.278 e. The smallest absolute Gasteiger partial charge is 0.278 e. The number of hydrogen-bond acceptors (Lipinski definition) is 4. The molecule has 3 rings (SSSR count). The molecule has 2 N–H and O–H groups in total. The van der Waals surface area contributed by atoms with Gasteiger partial charge in [-0.1, -0.05) is 17.8 Å². The molecule has 0 atom stereocenters. The summed E-state index contributed by atoms with van der Waals surface area (Å²) in [5.74, 6) is 0.00401. The van der Waals surface area contributed by atoms with Gasteiger partial charge in [0.15, 0.2) is 5.16 Å². The summed E-state index contributed by atoms with van der Waals surface area (Å²) in [7, 11) is 1.65.